The lowest BCUT2D eigenvalue weighted by Crippen LogP contribution is -2.41. The fourth-order valence-electron chi connectivity index (χ4n) is 3.43. The fourth-order valence-corrected chi connectivity index (χ4v) is 3.43. The Kier molecular flexibility index (Phi) is 7.45. The van der Waals surface area contributed by atoms with E-state index < -0.39 is 16.4 Å². The third-order valence-corrected chi connectivity index (χ3v) is 5.83. The van der Waals surface area contributed by atoms with Crippen molar-refractivity contribution in [1.82, 2.24) is 9.97 Å². The summed E-state index contributed by atoms with van der Waals surface area (Å²) in [5.74, 6) is -0.528. The first-order chi connectivity index (χ1) is 14.7. The molecule has 0 saturated heterocycles. The Hall–Kier alpha value is -2.80. The first-order valence-corrected chi connectivity index (χ1v) is 10.9. The first-order valence-electron chi connectivity index (χ1n) is 10.9. The summed E-state index contributed by atoms with van der Waals surface area (Å²) in [6, 6.07) is 3.67. The summed E-state index contributed by atoms with van der Waals surface area (Å²) in [6.07, 6.45) is 7.95. The lowest BCUT2D eigenvalue weighted by molar-refractivity contribution is -0.129. The van der Waals surface area contributed by atoms with Crippen LogP contribution in [0.5, 0.6) is 0 Å². The van der Waals surface area contributed by atoms with Crippen molar-refractivity contribution in [3.63, 3.8) is 0 Å². The third kappa shape index (κ3) is 6.13. The van der Waals surface area contributed by atoms with Gasteiger partial charge in [0.15, 0.2) is 0 Å². The van der Waals surface area contributed by atoms with Crippen molar-refractivity contribution >= 4 is 23.2 Å². The zero-order valence-electron chi connectivity index (χ0n) is 20.3. The van der Waals surface area contributed by atoms with E-state index in [0.29, 0.717) is 30.6 Å². The predicted molar refractivity (Wildman–Crippen MR) is 126 cm³/mol. The van der Waals surface area contributed by atoms with Gasteiger partial charge in [-0.2, -0.15) is 0 Å². The Labute approximate surface area is 191 Å². The number of hydrogen-bond acceptors (Lipinski definition) is 5. The van der Waals surface area contributed by atoms with Gasteiger partial charge in [-0.25, -0.2) is 0 Å². The maximum atomic E-state index is 14.0. The number of rotatable bonds is 9. The molecule has 7 nitrogen and oxygen atoms in total. The van der Waals surface area contributed by atoms with Gasteiger partial charge in [0, 0.05) is 29.6 Å². The molecule has 0 aromatic carbocycles. The lowest BCUT2D eigenvalue weighted by Gasteiger charge is -2.35. The number of aromatic nitrogens is 2. The fraction of sp³-hybridized carbons (Fsp3) is 0.520. The summed E-state index contributed by atoms with van der Waals surface area (Å²) in [6.45, 7) is 12.7. The van der Waals surface area contributed by atoms with Crippen molar-refractivity contribution in [2.45, 2.75) is 73.3 Å². The van der Waals surface area contributed by atoms with Crippen molar-refractivity contribution < 1.29 is 14.7 Å². The molecule has 0 bridgehead atoms. The number of aliphatic hydroxyl groups is 1. The Morgan fingerprint density at radius 2 is 1.47 bits per heavy atom. The molecule has 3 N–H and O–H groups in total. The molecule has 174 valence electrons. The van der Waals surface area contributed by atoms with Crippen LogP contribution in [-0.4, -0.2) is 32.5 Å². The molecular formula is C25H36N4O3. The van der Waals surface area contributed by atoms with Gasteiger partial charge in [0.2, 0.25) is 11.8 Å². The van der Waals surface area contributed by atoms with E-state index in [4.69, 9.17) is 5.73 Å². The molecule has 2 aromatic rings. The quantitative estimate of drug-likeness (QED) is 0.610. The Morgan fingerprint density at radius 3 is 2.00 bits per heavy atom. The van der Waals surface area contributed by atoms with Gasteiger partial charge in [0.1, 0.15) is 0 Å². The van der Waals surface area contributed by atoms with Crippen LogP contribution in [0.2, 0.25) is 0 Å². The van der Waals surface area contributed by atoms with Crippen LogP contribution in [0, 0.1) is 17.8 Å². The third-order valence-electron chi connectivity index (χ3n) is 5.83. The average molecular weight is 441 g/mol. The van der Waals surface area contributed by atoms with E-state index in [2.05, 4.69) is 9.97 Å². The minimum atomic E-state index is -0.962. The average Bonchev–Trinajstić information content (AvgIpc) is 2.68. The van der Waals surface area contributed by atoms with Gasteiger partial charge in [0.25, 0.3) is 0 Å². The number of anilines is 2. The standard InChI is InChI=1S/C25H36N4O3/c1-17-8-12-27-15-19(17)29(20-16-28-13-9-18(20)14-25(6,7)32)22(31)24(4,5)11-10-23(2,3)21(26)30/h8-9,12-13,15-16,32H,10-11,14H2,1-7H3,(H2,26,30). The lowest BCUT2D eigenvalue weighted by atomic mass is 9.77. The Balaban J connectivity index is 2.56. The molecule has 0 radical (unpaired) electrons. The molecule has 2 aromatic heterocycles. The van der Waals surface area contributed by atoms with Crippen LogP contribution in [0.1, 0.15) is 65.5 Å². The summed E-state index contributed by atoms with van der Waals surface area (Å²) < 4.78 is 0. The molecule has 0 aliphatic carbocycles. The maximum absolute atomic E-state index is 14.0. The summed E-state index contributed by atoms with van der Waals surface area (Å²) in [5, 5.41) is 10.4. The van der Waals surface area contributed by atoms with Crippen LogP contribution in [0.25, 0.3) is 0 Å². The highest BCUT2D eigenvalue weighted by atomic mass is 16.3. The molecule has 32 heavy (non-hydrogen) atoms. The minimum absolute atomic E-state index is 0.140. The largest absolute Gasteiger partial charge is 0.390 e. The molecule has 0 aliphatic heterocycles. The second-order valence-electron chi connectivity index (χ2n) is 10.4. The van der Waals surface area contributed by atoms with Crippen LogP contribution in [0.4, 0.5) is 11.4 Å². The molecule has 0 unspecified atom stereocenters. The van der Waals surface area contributed by atoms with Crippen LogP contribution >= 0.6 is 0 Å². The van der Waals surface area contributed by atoms with E-state index in [1.54, 1.807) is 57.4 Å². The van der Waals surface area contributed by atoms with Crippen molar-refractivity contribution in [1.29, 1.82) is 0 Å². The molecular weight excluding hydrogens is 404 g/mol. The molecule has 0 atom stereocenters. The van der Waals surface area contributed by atoms with E-state index in [1.807, 2.05) is 32.9 Å². The first kappa shape index (κ1) is 25.5. The van der Waals surface area contributed by atoms with E-state index in [0.717, 1.165) is 11.1 Å². The van der Waals surface area contributed by atoms with Crippen molar-refractivity contribution in [2.75, 3.05) is 4.90 Å². The van der Waals surface area contributed by atoms with Gasteiger partial charge in [-0.15, -0.1) is 0 Å². The van der Waals surface area contributed by atoms with Gasteiger partial charge in [-0.3, -0.25) is 24.5 Å². The van der Waals surface area contributed by atoms with Gasteiger partial charge in [-0.05, 0) is 56.9 Å². The highest BCUT2D eigenvalue weighted by Gasteiger charge is 2.38. The Bertz CT molecular complexity index is 977. The molecule has 0 aliphatic rings. The van der Waals surface area contributed by atoms with Crippen molar-refractivity contribution in [3.8, 4) is 0 Å². The molecule has 0 spiro atoms. The summed E-state index contributed by atoms with van der Waals surface area (Å²) in [7, 11) is 0. The number of carbonyl (C=O) groups is 2. The van der Waals surface area contributed by atoms with Crippen LogP contribution in [0.15, 0.2) is 36.9 Å². The second kappa shape index (κ2) is 9.36. The van der Waals surface area contributed by atoms with Gasteiger partial charge in [0.05, 0.1) is 29.4 Å². The number of amides is 2. The highest BCUT2D eigenvalue weighted by molar-refractivity contribution is 6.04. The topological polar surface area (TPSA) is 109 Å². The highest BCUT2D eigenvalue weighted by Crippen LogP contribution is 2.39. The van der Waals surface area contributed by atoms with Crippen LogP contribution in [0.3, 0.4) is 0 Å². The monoisotopic (exact) mass is 440 g/mol. The zero-order valence-corrected chi connectivity index (χ0v) is 20.3. The van der Waals surface area contributed by atoms with Gasteiger partial charge < -0.3 is 10.8 Å². The van der Waals surface area contributed by atoms with Gasteiger partial charge in [-0.1, -0.05) is 27.7 Å². The van der Waals surface area contributed by atoms with Gasteiger partial charge >= 0.3 is 0 Å². The minimum Gasteiger partial charge on any atom is -0.390 e. The van der Waals surface area contributed by atoms with Crippen LogP contribution in [-0.2, 0) is 16.0 Å². The van der Waals surface area contributed by atoms with Crippen LogP contribution < -0.4 is 10.6 Å². The normalized spacial score (nSPS) is 12.5. The molecule has 2 amide bonds. The molecule has 2 rings (SSSR count). The number of hydrogen-bond donors (Lipinski definition) is 2. The summed E-state index contributed by atoms with van der Waals surface area (Å²) in [4.78, 5) is 36.0. The zero-order chi connectivity index (χ0) is 24.3. The van der Waals surface area contributed by atoms with E-state index in [-0.39, 0.29) is 11.8 Å². The number of pyridine rings is 2. The van der Waals surface area contributed by atoms with Crippen molar-refractivity contribution in [3.05, 3.63) is 48.0 Å². The van der Waals surface area contributed by atoms with E-state index >= 15 is 0 Å². The number of nitrogens with zero attached hydrogens (tertiary/aromatic N) is 3. The van der Waals surface area contributed by atoms with E-state index in [1.165, 1.54) is 0 Å². The number of aryl methyl sites for hydroxylation is 1. The van der Waals surface area contributed by atoms with E-state index in [9.17, 15) is 14.7 Å². The maximum Gasteiger partial charge on any atom is 0.237 e. The second-order valence-corrected chi connectivity index (χ2v) is 10.4. The molecule has 7 heteroatoms. The van der Waals surface area contributed by atoms with Crippen molar-refractivity contribution in [2.24, 2.45) is 16.6 Å². The molecule has 0 saturated carbocycles. The SMILES string of the molecule is Cc1ccncc1N(C(=O)C(C)(C)CCC(C)(C)C(N)=O)c1cnccc1CC(C)(C)O. The Morgan fingerprint density at radius 1 is 0.938 bits per heavy atom. The number of carbonyl (C=O) groups excluding carboxylic acids is 2. The summed E-state index contributed by atoms with van der Waals surface area (Å²) >= 11 is 0. The predicted octanol–water partition coefficient (Wildman–Crippen LogP) is 4.08. The number of primary amides is 1. The number of nitrogens with two attached hydrogens (primary N) is 1. The molecule has 0 fully saturated rings. The summed E-state index contributed by atoms with van der Waals surface area (Å²) in [5.41, 5.74) is 6.03. The smallest absolute Gasteiger partial charge is 0.237 e. The molecule has 2 heterocycles.